The highest BCUT2D eigenvalue weighted by molar-refractivity contribution is 5.83. The van der Waals surface area contributed by atoms with Crippen LogP contribution in [0.1, 0.15) is 29.0 Å². The highest BCUT2D eigenvalue weighted by atomic mass is 16.2. The van der Waals surface area contributed by atoms with Crippen LogP contribution >= 0.6 is 0 Å². The highest BCUT2D eigenvalue weighted by Gasteiger charge is 2.38. The van der Waals surface area contributed by atoms with Crippen molar-refractivity contribution >= 4 is 11.8 Å². The van der Waals surface area contributed by atoms with Crippen molar-refractivity contribution in [3.05, 3.63) is 108 Å². The number of nitrogens with two attached hydrogens (primary N) is 2. The van der Waals surface area contributed by atoms with Crippen LogP contribution in [0, 0.1) is 0 Å². The predicted molar refractivity (Wildman–Crippen MR) is 134 cm³/mol. The molecule has 5 N–H and O–H groups in total. The molecule has 1 heterocycles. The molecule has 1 aliphatic rings. The summed E-state index contributed by atoms with van der Waals surface area (Å²) in [6.45, 7) is 1.18. The molecule has 34 heavy (non-hydrogen) atoms. The van der Waals surface area contributed by atoms with Gasteiger partial charge in [0.1, 0.15) is 0 Å². The third-order valence-corrected chi connectivity index (χ3v) is 6.53. The van der Waals surface area contributed by atoms with E-state index in [0.29, 0.717) is 25.9 Å². The minimum atomic E-state index is -0.648. The molecule has 0 saturated carbocycles. The number of carbonyl (C=O) groups excluding carboxylic acids is 2. The summed E-state index contributed by atoms with van der Waals surface area (Å²) in [5, 5.41) is 3.05. The van der Waals surface area contributed by atoms with Gasteiger partial charge >= 0.3 is 0 Å². The molecule has 1 fully saturated rings. The van der Waals surface area contributed by atoms with Crippen molar-refractivity contribution in [3.8, 4) is 0 Å². The third-order valence-electron chi connectivity index (χ3n) is 6.53. The Morgan fingerprint density at radius 3 is 1.94 bits per heavy atom. The summed E-state index contributed by atoms with van der Waals surface area (Å²) in [5.74, 6) is -0.495. The number of likely N-dealkylation sites (tertiary alicyclic amines) is 1. The summed E-state index contributed by atoms with van der Waals surface area (Å²) in [7, 11) is 0. The summed E-state index contributed by atoms with van der Waals surface area (Å²) >= 11 is 0. The lowest BCUT2D eigenvalue weighted by Crippen LogP contribution is -2.47. The largest absolute Gasteiger partial charge is 0.368 e. The van der Waals surface area contributed by atoms with Crippen LogP contribution in [-0.2, 0) is 16.0 Å². The molecule has 0 aliphatic carbocycles. The van der Waals surface area contributed by atoms with Crippen LogP contribution in [0.5, 0.6) is 0 Å². The topological polar surface area (TPSA) is 101 Å². The number of nitrogens with zero attached hydrogens (tertiary/aromatic N) is 1. The van der Waals surface area contributed by atoms with Gasteiger partial charge in [0.25, 0.3) is 0 Å². The maximum absolute atomic E-state index is 12.8. The quantitative estimate of drug-likeness (QED) is 0.460. The smallest absolute Gasteiger partial charge is 0.237 e. The van der Waals surface area contributed by atoms with Crippen LogP contribution in [-0.4, -0.2) is 47.9 Å². The summed E-state index contributed by atoms with van der Waals surface area (Å²) in [4.78, 5) is 27.2. The SMILES string of the molecule is NC(=O)[C@@H]1C[C@H](NC(=O)[C@@H](N)Cc2ccccc2)CN1CC(c1ccccc1)c1ccccc1. The first-order valence-electron chi connectivity index (χ1n) is 11.7. The van der Waals surface area contributed by atoms with E-state index in [1.54, 1.807) is 0 Å². The number of amides is 2. The first-order chi connectivity index (χ1) is 16.5. The standard InChI is InChI=1S/C28H32N4O2/c29-25(16-20-10-4-1-5-11-20)28(34)31-23-17-26(27(30)33)32(18-23)19-24(21-12-6-2-7-13-21)22-14-8-3-9-15-22/h1-15,23-26H,16-19,29H2,(H2,30,33)(H,31,34)/t23-,25-,26-/m0/s1. The van der Waals surface area contributed by atoms with Crippen molar-refractivity contribution in [1.82, 2.24) is 10.2 Å². The second-order valence-electron chi connectivity index (χ2n) is 8.98. The number of primary amides is 1. The molecule has 0 spiro atoms. The number of hydrogen-bond donors (Lipinski definition) is 3. The van der Waals surface area contributed by atoms with E-state index < -0.39 is 12.1 Å². The van der Waals surface area contributed by atoms with Gasteiger partial charge in [-0.15, -0.1) is 0 Å². The second kappa shape index (κ2) is 11.1. The van der Waals surface area contributed by atoms with Crippen molar-refractivity contribution in [1.29, 1.82) is 0 Å². The molecular weight excluding hydrogens is 424 g/mol. The van der Waals surface area contributed by atoms with Crippen molar-refractivity contribution in [2.24, 2.45) is 11.5 Å². The Hall–Kier alpha value is -3.48. The van der Waals surface area contributed by atoms with Crippen LogP contribution in [0.25, 0.3) is 0 Å². The Bertz CT molecular complexity index is 1040. The summed E-state index contributed by atoms with van der Waals surface area (Å²) < 4.78 is 0. The minimum Gasteiger partial charge on any atom is -0.368 e. The molecule has 1 saturated heterocycles. The molecule has 3 aromatic rings. The zero-order valence-electron chi connectivity index (χ0n) is 19.2. The van der Waals surface area contributed by atoms with Crippen molar-refractivity contribution < 1.29 is 9.59 Å². The first kappa shape index (κ1) is 23.7. The molecule has 4 rings (SSSR count). The zero-order valence-corrected chi connectivity index (χ0v) is 19.2. The molecule has 0 radical (unpaired) electrons. The molecule has 3 atom stereocenters. The van der Waals surface area contributed by atoms with Gasteiger partial charge < -0.3 is 16.8 Å². The molecule has 3 aromatic carbocycles. The van der Waals surface area contributed by atoms with Gasteiger partial charge in [-0.25, -0.2) is 0 Å². The van der Waals surface area contributed by atoms with Crippen LogP contribution in [0.15, 0.2) is 91.0 Å². The van der Waals surface area contributed by atoms with Crippen molar-refractivity contribution in [2.75, 3.05) is 13.1 Å². The van der Waals surface area contributed by atoms with E-state index in [1.807, 2.05) is 66.7 Å². The lowest BCUT2D eigenvalue weighted by atomic mass is 9.90. The number of nitrogens with one attached hydrogen (secondary N) is 1. The average molecular weight is 457 g/mol. The number of benzene rings is 3. The van der Waals surface area contributed by atoms with Gasteiger partial charge in [-0.3, -0.25) is 14.5 Å². The maximum atomic E-state index is 12.8. The predicted octanol–water partition coefficient (Wildman–Crippen LogP) is 2.43. The molecular formula is C28H32N4O2. The van der Waals surface area contributed by atoms with Gasteiger partial charge in [0.15, 0.2) is 0 Å². The van der Waals surface area contributed by atoms with Crippen LogP contribution in [0.3, 0.4) is 0 Å². The van der Waals surface area contributed by atoms with E-state index in [9.17, 15) is 9.59 Å². The summed E-state index contributed by atoms with van der Waals surface area (Å²) in [6.07, 6.45) is 0.946. The maximum Gasteiger partial charge on any atom is 0.237 e. The average Bonchev–Trinajstić information content (AvgIpc) is 3.26. The van der Waals surface area contributed by atoms with E-state index >= 15 is 0 Å². The van der Waals surface area contributed by atoms with Gasteiger partial charge in [-0.2, -0.15) is 0 Å². The zero-order chi connectivity index (χ0) is 23.9. The Labute approximate surface area is 201 Å². The molecule has 6 heteroatoms. The fourth-order valence-electron chi connectivity index (χ4n) is 4.78. The van der Waals surface area contributed by atoms with Crippen molar-refractivity contribution in [3.63, 3.8) is 0 Å². The Kier molecular flexibility index (Phi) is 7.72. The fourth-order valence-corrected chi connectivity index (χ4v) is 4.78. The number of carbonyl (C=O) groups is 2. The highest BCUT2D eigenvalue weighted by Crippen LogP contribution is 2.29. The molecule has 0 aromatic heterocycles. The summed E-state index contributed by atoms with van der Waals surface area (Å²) in [6, 6.07) is 29.0. The molecule has 176 valence electrons. The van der Waals surface area contributed by atoms with Gasteiger partial charge in [-0.1, -0.05) is 91.0 Å². The number of hydrogen-bond acceptors (Lipinski definition) is 4. The second-order valence-corrected chi connectivity index (χ2v) is 8.98. The normalized spacial score (nSPS) is 19.1. The van der Waals surface area contributed by atoms with Gasteiger partial charge in [-0.05, 0) is 29.5 Å². The first-order valence-corrected chi connectivity index (χ1v) is 11.7. The van der Waals surface area contributed by atoms with Crippen LogP contribution < -0.4 is 16.8 Å². The minimum absolute atomic E-state index is 0.0824. The Morgan fingerprint density at radius 2 is 1.41 bits per heavy atom. The van der Waals surface area contributed by atoms with Gasteiger partial charge in [0.05, 0.1) is 12.1 Å². The van der Waals surface area contributed by atoms with Crippen molar-refractivity contribution in [2.45, 2.75) is 36.9 Å². The van der Waals surface area contributed by atoms with Gasteiger partial charge in [0.2, 0.25) is 11.8 Å². The monoisotopic (exact) mass is 456 g/mol. The van der Waals surface area contributed by atoms with Crippen LogP contribution in [0.2, 0.25) is 0 Å². The van der Waals surface area contributed by atoms with E-state index in [0.717, 1.165) is 5.56 Å². The Morgan fingerprint density at radius 1 is 0.882 bits per heavy atom. The van der Waals surface area contributed by atoms with Gasteiger partial charge in [0, 0.05) is 25.0 Å². The van der Waals surface area contributed by atoms with Crippen LogP contribution in [0.4, 0.5) is 0 Å². The van der Waals surface area contributed by atoms with E-state index in [-0.39, 0.29) is 23.8 Å². The number of rotatable bonds is 9. The third kappa shape index (κ3) is 5.90. The molecule has 0 bridgehead atoms. The lowest BCUT2D eigenvalue weighted by Gasteiger charge is -2.28. The van der Waals surface area contributed by atoms with E-state index in [1.165, 1.54) is 11.1 Å². The fraction of sp³-hybridized carbons (Fsp3) is 0.286. The van der Waals surface area contributed by atoms with E-state index in [2.05, 4.69) is 34.5 Å². The van der Waals surface area contributed by atoms with E-state index in [4.69, 9.17) is 11.5 Å². The molecule has 6 nitrogen and oxygen atoms in total. The Balaban J connectivity index is 1.46. The summed E-state index contributed by atoms with van der Waals surface area (Å²) in [5.41, 5.74) is 15.3. The lowest BCUT2D eigenvalue weighted by molar-refractivity contribution is -0.123. The molecule has 1 aliphatic heterocycles. The molecule has 2 amide bonds. The molecule has 0 unspecified atom stereocenters.